The second-order valence-corrected chi connectivity index (χ2v) is 8.17. The van der Waals surface area contributed by atoms with Crippen LogP contribution in [0.25, 0.3) is 28.1 Å². The maximum Gasteiger partial charge on any atom is 0.234 e. The molecular weight excluding hydrogens is 410 g/mol. The Morgan fingerprint density at radius 1 is 1.10 bits per heavy atom. The van der Waals surface area contributed by atoms with Crippen LogP contribution >= 0.6 is 11.8 Å². The zero-order valence-corrected chi connectivity index (χ0v) is 17.8. The van der Waals surface area contributed by atoms with E-state index in [0.29, 0.717) is 22.4 Å². The molecule has 3 heterocycles. The number of furan rings is 1. The average molecular weight is 430 g/mol. The first kappa shape index (κ1) is 19.3. The van der Waals surface area contributed by atoms with E-state index >= 15 is 0 Å². The molecule has 0 spiro atoms. The van der Waals surface area contributed by atoms with Crippen LogP contribution in [0, 0.1) is 13.8 Å². The first-order valence-electron chi connectivity index (χ1n) is 9.78. The van der Waals surface area contributed by atoms with Crippen molar-refractivity contribution in [2.45, 2.75) is 19.0 Å². The molecule has 5 rings (SSSR count). The fourth-order valence-electron chi connectivity index (χ4n) is 3.41. The molecule has 0 fully saturated rings. The predicted octanol–water partition coefficient (Wildman–Crippen LogP) is 4.89. The Morgan fingerprint density at radius 2 is 1.97 bits per heavy atom. The highest BCUT2D eigenvalue weighted by Gasteiger charge is 2.19. The van der Waals surface area contributed by atoms with Crippen LogP contribution in [-0.4, -0.2) is 31.2 Å². The van der Waals surface area contributed by atoms with Gasteiger partial charge >= 0.3 is 0 Å². The Kier molecular flexibility index (Phi) is 4.91. The van der Waals surface area contributed by atoms with Gasteiger partial charge in [-0.2, -0.15) is 0 Å². The molecule has 0 aliphatic rings. The highest BCUT2D eigenvalue weighted by molar-refractivity contribution is 7.99. The molecule has 0 aliphatic heterocycles. The van der Waals surface area contributed by atoms with Crippen LogP contribution in [0.1, 0.15) is 11.1 Å². The molecule has 0 aliphatic carbocycles. The number of nitrogens with one attached hydrogen (secondary N) is 1. The van der Waals surface area contributed by atoms with Gasteiger partial charge in [0.05, 0.1) is 17.5 Å². The number of carbonyl (C=O) groups is 1. The molecular formula is C23H19N5O2S. The summed E-state index contributed by atoms with van der Waals surface area (Å²) in [5.41, 5.74) is 4.42. The number of carbonyl (C=O) groups excluding carboxylic acids is 1. The molecule has 0 bridgehead atoms. The normalized spacial score (nSPS) is 11.3. The molecule has 0 atom stereocenters. The zero-order chi connectivity index (χ0) is 21.4. The number of thioether (sulfide) groups is 1. The van der Waals surface area contributed by atoms with Gasteiger partial charge in [0.15, 0.2) is 22.4 Å². The lowest BCUT2D eigenvalue weighted by molar-refractivity contribution is -0.113. The third-order valence-electron chi connectivity index (χ3n) is 4.96. The quantitative estimate of drug-likeness (QED) is 0.401. The first-order chi connectivity index (χ1) is 15.1. The summed E-state index contributed by atoms with van der Waals surface area (Å²) >= 11 is 1.31. The van der Waals surface area contributed by atoms with Crippen LogP contribution in [0.2, 0.25) is 0 Å². The molecule has 2 aromatic carbocycles. The predicted molar refractivity (Wildman–Crippen MR) is 121 cm³/mol. The number of amides is 1. The van der Waals surface area contributed by atoms with E-state index in [1.54, 1.807) is 6.26 Å². The molecule has 5 aromatic rings. The third-order valence-corrected chi connectivity index (χ3v) is 5.89. The number of benzene rings is 2. The minimum atomic E-state index is -0.108. The second kappa shape index (κ2) is 7.88. The number of rotatable bonds is 5. The number of nitrogens with zero attached hydrogens (tertiary/aromatic N) is 4. The molecule has 1 N–H and O–H groups in total. The Morgan fingerprint density at radius 3 is 2.81 bits per heavy atom. The van der Waals surface area contributed by atoms with Gasteiger partial charge in [0.25, 0.3) is 0 Å². The molecule has 0 saturated carbocycles. The summed E-state index contributed by atoms with van der Waals surface area (Å²) < 4.78 is 7.45. The van der Waals surface area contributed by atoms with E-state index in [-0.39, 0.29) is 11.7 Å². The summed E-state index contributed by atoms with van der Waals surface area (Å²) in [6, 6.07) is 17.4. The maximum absolute atomic E-state index is 12.6. The van der Waals surface area contributed by atoms with Crippen molar-refractivity contribution < 1.29 is 9.21 Å². The van der Waals surface area contributed by atoms with E-state index in [1.165, 1.54) is 11.8 Å². The van der Waals surface area contributed by atoms with Crippen LogP contribution < -0.4 is 5.32 Å². The van der Waals surface area contributed by atoms with Crippen LogP contribution in [0.15, 0.2) is 70.4 Å². The number of hydrogen-bond donors (Lipinski definition) is 1. The summed E-state index contributed by atoms with van der Waals surface area (Å²) in [6.07, 6.45) is 1.60. The molecule has 7 nitrogen and oxygen atoms in total. The van der Waals surface area contributed by atoms with Crippen molar-refractivity contribution in [3.63, 3.8) is 0 Å². The van der Waals surface area contributed by atoms with Gasteiger partial charge in [-0.3, -0.25) is 9.20 Å². The van der Waals surface area contributed by atoms with Gasteiger partial charge in [-0.15, -0.1) is 10.2 Å². The van der Waals surface area contributed by atoms with Crippen LogP contribution in [-0.2, 0) is 4.79 Å². The highest BCUT2D eigenvalue weighted by Crippen LogP contribution is 2.29. The Bertz CT molecular complexity index is 1410. The molecule has 1 amide bonds. The molecule has 3 aromatic heterocycles. The number of anilines is 1. The van der Waals surface area contributed by atoms with Gasteiger partial charge in [-0.05, 0) is 55.3 Å². The standard InChI is InChI=1S/C23H19N5O2S/c1-14-9-10-15(2)18(12-14)24-20(29)13-31-23-27-26-21-16-6-3-4-7-17(16)25-22(28(21)23)19-8-5-11-30-19/h3-12H,13H2,1-2H3,(H,24,29). The summed E-state index contributed by atoms with van der Waals surface area (Å²) in [6.45, 7) is 3.97. The minimum Gasteiger partial charge on any atom is -0.461 e. The maximum atomic E-state index is 12.6. The molecule has 31 heavy (non-hydrogen) atoms. The monoisotopic (exact) mass is 429 g/mol. The van der Waals surface area contributed by atoms with Gasteiger partial charge in [-0.25, -0.2) is 4.98 Å². The Labute approximate surface area is 182 Å². The zero-order valence-electron chi connectivity index (χ0n) is 17.0. The lowest BCUT2D eigenvalue weighted by atomic mass is 10.1. The lowest BCUT2D eigenvalue weighted by Gasteiger charge is -2.10. The smallest absolute Gasteiger partial charge is 0.234 e. The van der Waals surface area contributed by atoms with Crippen molar-refractivity contribution in [2.24, 2.45) is 0 Å². The molecule has 8 heteroatoms. The Hall–Kier alpha value is -3.65. The van der Waals surface area contributed by atoms with Crippen LogP contribution in [0.3, 0.4) is 0 Å². The largest absolute Gasteiger partial charge is 0.461 e. The minimum absolute atomic E-state index is 0.108. The van der Waals surface area contributed by atoms with E-state index in [1.807, 2.05) is 72.8 Å². The second-order valence-electron chi connectivity index (χ2n) is 7.23. The van der Waals surface area contributed by atoms with E-state index in [9.17, 15) is 4.79 Å². The number of aromatic nitrogens is 4. The van der Waals surface area contributed by atoms with Crippen molar-refractivity contribution >= 4 is 39.9 Å². The molecule has 0 saturated heterocycles. The van der Waals surface area contributed by atoms with E-state index in [2.05, 4.69) is 15.5 Å². The van der Waals surface area contributed by atoms with Crippen molar-refractivity contribution in [1.82, 2.24) is 19.6 Å². The molecule has 0 radical (unpaired) electrons. The number of aryl methyl sites for hydroxylation is 2. The summed E-state index contributed by atoms with van der Waals surface area (Å²) in [5.74, 6) is 1.29. The number of fused-ring (bicyclic) bond motifs is 3. The highest BCUT2D eigenvalue weighted by atomic mass is 32.2. The van der Waals surface area contributed by atoms with E-state index in [0.717, 1.165) is 27.7 Å². The van der Waals surface area contributed by atoms with Gasteiger partial charge in [0.1, 0.15) is 0 Å². The van der Waals surface area contributed by atoms with Crippen LogP contribution in [0.5, 0.6) is 0 Å². The SMILES string of the molecule is Cc1ccc(C)c(NC(=O)CSc2nnc3c4ccccc4nc(-c4ccco4)n23)c1. The van der Waals surface area contributed by atoms with Gasteiger partial charge < -0.3 is 9.73 Å². The van der Waals surface area contributed by atoms with Crippen molar-refractivity contribution in [3.8, 4) is 11.6 Å². The average Bonchev–Trinajstić information content (AvgIpc) is 3.45. The van der Waals surface area contributed by atoms with E-state index < -0.39 is 0 Å². The topological polar surface area (TPSA) is 85.3 Å². The summed E-state index contributed by atoms with van der Waals surface area (Å²) in [7, 11) is 0. The fourth-order valence-corrected chi connectivity index (χ4v) is 4.14. The van der Waals surface area contributed by atoms with Crippen molar-refractivity contribution in [1.29, 1.82) is 0 Å². The summed E-state index contributed by atoms with van der Waals surface area (Å²) in [5, 5.41) is 13.2. The van der Waals surface area contributed by atoms with Gasteiger partial charge in [-0.1, -0.05) is 36.0 Å². The summed E-state index contributed by atoms with van der Waals surface area (Å²) in [4.78, 5) is 17.4. The number of hydrogen-bond acceptors (Lipinski definition) is 6. The molecule has 154 valence electrons. The third kappa shape index (κ3) is 3.66. The van der Waals surface area contributed by atoms with Gasteiger partial charge in [0, 0.05) is 11.1 Å². The van der Waals surface area contributed by atoms with Gasteiger partial charge in [0.2, 0.25) is 5.91 Å². The first-order valence-corrected chi connectivity index (χ1v) is 10.8. The van der Waals surface area contributed by atoms with Crippen molar-refractivity contribution in [2.75, 3.05) is 11.1 Å². The van der Waals surface area contributed by atoms with Crippen molar-refractivity contribution in [3.05, 3.63) is 72.0 Å². The number of para-hydroxylation sites is 1. The molecule has 0 unspecified atom stereocenters. The van der Waals surface area contributed by atoms with Crippen LogP contribution in [0.4, 0.5) is 5.69 Å². The van der Waals surface area contributed by atoms with E-state index in [4.69, 9.17) is 9.40 Å². The Balaban J connectivity index is 1.48. The fraction of sp³-hybridized carbons (Fsp3) is 0.130. The lowest BCUT2D eigenvalue weighted by Crippen LogP contribution is -2.15.